The van der Waals surface area contributed by atoms with E-state index in [2.05, 4.69) is 14.8 Å². The van der Waals surface area contributed by atoms with E-state index >= 15 is 0 Å². The molecule has 0 fully saturated rings. The Hall–Kier alpha value is -3.80. The van der Waals surface area contributed by atoms with Gasteiger partial charge in [-0.25, -0.2) is 14.1 Å². The molecule has 1 aliphatic heterocycles. The molecule has 2 amide bonds. The van der Waals surface area contributed by atoms with Gasteiger partial charge in [0.2, 0.25) is 16.8 Å². The van der Waals surface area contributed by atoms with Gasteiger partial charge in [0.15, 0.2) is 0 Å². The van der Waals surface area contributed by atoms with Crippen LogP contribution in [0.15, 0.2) is 41.7 Å². The minimum Gasteiger partial charge on any atom is -0.475 e. The molecule has 0 saturated heterocycles. The Balaban J connectivity index is 1.95. The van der Waals surface area contributed by atoms with Gasteiger partial charge in [0, 0.05) is 32.6 Å². The number of halogens is 1. The Morgan fingerprint density at radius 1 is 1.24 bits per heavy atom. The molecule has 0 atom stereocenters. The standard InChI is InChI=1S/C26H30FN5O5S/c1-15(2)18-10-17(27)11-19-16-7-8-28-23(9-16)37-14-26(3,4)32-13-21(25(34)31(5)6)24(29-32)38(35,36)30-22(33)12-20(18)19/h7-11,13,15H,12,14H2,1-6H3,(H,30,33). The molecule has 0 radical (unpaired) electrons. The fourth-order valence-corrected chi connectivity index (χ4v) is 5.34. The highest BCUT2D eigenvalue weighted by Gasteiger charge is 2.34. The van der Waals surface area contributed by atoms with Crippen molar-refractivity contribution in [3.8, 4) is 17.0 Å². The third kappa shape index (κ3) is 5.26. The van der Waals surface area contributed by atoms with Crippen molar-refractivity contribution < 1.29 is 27.1 Å². The van der Waals surface area contributed by atoms with Gasteiger partial charge in [-0.3, -0.25) is 14.3 Å². The quantitative estimate of drug-likeness (QED) is 0.527. The van der Waals surface area contributed by atoms with Crippen LogP contribution >= 0.6 is 0 Å². The average Bonchev–Trinajstić information content (AvgIpc) is 3.30. The normalized spacial score (nSPS) is 16.5. The third-order valence-corrected chi connectivity index (χ3v) is 7.57. The summed E-state index contributed by atoms with van der Waals surface area (Å²) in [6, 6.07) is 5.96. The lowest BCUT2D eigenvalue weighted by atomic mass is 9.88. The second-order valence-corrected chi connectivity index (χ2v) is 12.0. The summed E-state index contributed by atoms with van der Waals surface area (Å²) in [7, 11) is -1.59. The predicted octanol–water partition coefficient (Wildman–Crippen LogP) is 3.08. The van der Waals surface area contributed by atoms with Crippen molar-refractivity contribution >= 4 is 21.8 Å². The van der Waals surface area contributed by atoms with Crippen LogP contribution in [0.3, 0.4) is 0 Å². The molecule has 3 heterocycles. The number of hydrogen-bond acceptors (Lipinski definition) is 7. The molecule has 0 spiro atoms. The zero-order valence-corrected chi connectivity index (χ0v) is 22.9. The Bertz CT molecular complexity index is 1530. The van der Waals surface area contributed by atoms with Crippen LogP contribution in [0, 0.1) is 5.82 Å². The summed E-state index contributed by atoms with van der Waals surface area (Å²) < 4.78 is 50.8. The number of carbonyl (C=O) groups is 2. The number of aromatic nitrogens is 3. The molecular formula is C26H30FN5O5S. The molecule has 0 unspecified atom stereocenters. The number of hydrogen-bond donors (Lipinski definition) is 1. The molecule has 4 rings (SSSR count). The summed E-state index contributed by atoms with van der Waals surface area (Å²) in [6.45, 7) is 7.23. The van der Waals surface area contributed by atoms with E-state index in [1.807, 2.05) is 13.8 Å². The van der Waals surface area contributed by atoms with Gasteiger partial charge in [0.25, 0.3) is 15.9 Å². The largest absolute Gasteiger partial charge is 0.475 e. The molecule has 202 valence electrons. The predicted molar refractivity (Wildman–Crippen MR) is 138 cm³/mol. The van der Waals surface area contributed by atoms with Gasteiger partial charge in [-0.15, -0.1) is 0 Å². The fourth-order valence-electron chi connectivity index (χ4n) is 4.25. The maximum absolute atomic E-state index is 14.7. The number of pyridine rings is 1. The molecule has 4 bridgehead atoms. The van der Waals surface area contributed by atoms with Gasteiger partial charge >= 0.3 is 0 Å². The summed E-state index contributed by atoms with van der Waals surface area (Å²) in [5.41, 5.74) is 0.900. The Morgan fingerprint density at radius 2 is 1.95 bits per heavy atom. The molecule has 38 heavy (non-hydrogen) atoms. The summed E-state index contributed by atoms with van der Waals surface area (Å²) in [5.74, 6) is -1.85. The van der Waals surface area contributed by atoms with Crippen LogP contribution in [0.1, 0.15) is 55.1 Å². The van der Waals surface area contributed by atoms with Crippen LogP contribution in [-0.4, -0.2) is 60.6 Å². The number of ether oxygens (including phenoxy) is 1. The van der Waals surface area contributed by atoms with E-state index in [1.54, 1.807) is 26.0 Å². The van der Waals surface area contributed by atoms with E-state index in [0.29, 0.717) is 22.3 Å². The van der Waals surface area contributed by atoms with Crippen molar-refractivity contribution in [2.24, 2.45) is 0 Å². The number of rotatable bonds is 2. The van der Waals surface area contributed by atoms with Crippen LogP contribution in [0.2, 0.25) is 0 Å². The molecule has 1 N–H and O–H groups in total. The van der Waals surface area contributed by atoms with Crippen molar-refractivity contribution in [2.45, 2.75) is 50.6 Å². The Kier molecular flexibility index (Phi) is 7.04. The molecular weight excluding hydrogens is 513 g/mol. The van der Waals surface area contributed by atoms with Crippen molar-refractivity contribution in [3.05, 3.63) is 59.2 Å². The number of amides is 2. The van der Waals surface area contributed by atoms with Crippen LogP contribution < -0.4 is 9.46 Å². The monoisotopic (exact) mass is 543 g/mol. The smallest absolute Gasteiger partial charge is 0.284 e. The van der Waals surface area contributed by atoms with E-state index in [9.17, 15) is 22.4 Å². The van der Waals surface area contributed by atoms with E-state index in [4.69, 9.17) is 4.74 Å². The number of carbonyl (C=O) groups excluding carboxylic acids is 2. The highest BCUT2D eigenvalue weighted by molar-refractivity contribution is 7.90. The molecule has 10 nitrogen and oxygen atoms in total. The molecule has 1 aromatic carbocycles. The van der Waals surface area contributed by atoms with Crippen LogP contribution in [0.4, 0.5) is 4.39 Å². The summed E-state index contributed by atoms with van der Waals surface area (Å²) in [6.07, 6.45) is 2.49. The fraction of sp³-hybridized carbons (Fsp3) is 0.385. The molecule has 3 aromatic rings. The van der Waals surface area contributed by atoms with E-state index < -0.39 is 38.2 Å². The van der Waals surface area contributed by atoms with Crippen LogP contribution in [0.5, 0.6) is 5.88 Å². The maximum Gasteiger partial charge on any atom is 0.284 e. The van der Waals surface area contributed by atoms with Gasteiger partial charge in [-0.05, 0) is 60.2 Å². The van der Waals surface area contributed by atoms with Gasteiger partial charge in [-0.1, -0.05) is 13.8 Å². The third-order valence-electron chi connectivity index (χ3n) is 6.27. The minimum atomic E-state index is -4.55. The first-order valence-corrected chi connectivity index (χ1v) is 13.5. The summed E-state index contributed by atoms with van der Waals surface area (Å²) >= 11 is 0. The number of nitrogens with one attached hydrogen (secondary N) is 1. The topological polar surface area (TPSA) is 123 Å². The number of benzene rings is 1. The number of nitrogens with zero attached hydrogens (tertiary/aromatic N) is 4. The number of fused-ring (bicyclic) bond motifs is 6. The highest BCUT2D eigenvalue weighted by atomic mass is 32.2. The first-order valence-electron chi connectivity index (χ1n) is 12.0. The zero-order chi connectivity index (χ0) is 28.0. The van der Waals surface area contributed by atoms with Crippen LogP contribution in [-0.2, 0) is 26.8 Å². The minimum absolute atomic E-state index is 0.0137. The lowest BCUT2D eigenvalue weighted by Crippen LogP contribution is -2.35. The molecule has 0 saturated carbocycles. The van der Waals surface area contributed by atoms with Gasteiger partial charge in [-0.2, -0.15) is 13.5 Å². The average molecular weight is 544 g/mol. The first kappa shape index (κ1) is 27.2. The van der Waals surface area contributed by atoms with Gasteiger partial charge < -0.3 is 9.64 Å². The summed E-state index contributed by atoms with van der Waals surface area (Å²) in [4.78, 5) is 31.6. The van der Waals surface area contributed by atoms with E-state index in [0.717, 1.165) is 0 Å². The zero-order valence-electron chi connectivity index (χ0n) is 22.1. The second-order valence-electron chi connectivity index (χ2n) is 10.4. The van der Waals surface area contributed by atoms with Crippen molar-refractivity contribution in [2.75, 3.05) is 20.7 Å². The molecule has 0 aliphatic carbocycles. The van der Waals surface area contributed by atoms with Crippen LogP contribution in [0.25, 0.3) is 11.1 Å². The van der Waals surface area contributed by atoms with E-state index in [-0.39, 0.29) is 30.4 Å². The van der Waals surface area contributed by atoms with Gasteiger partial charge in [0.1, 0.15) is 12.4 Å². The van der Waals surface area contributed by atoms with E-state index in [1.165, 1.54) is 48.2 Å². The molecule has 2 aromatic heterocycles. The lowest BCUT2D eigenvalue weighted by Gasteiger charge is -2.25. The second kappa shape index (κ2) is 9.82. The Labute approximate surface area is 220 Å². The van der Waals surface area contributed by atoms with Crippen molar-refractivity contribution in [1.29, 1.82) is 0 Å². The summed E-state index contributed by atoms with van der Waals surface area (Å²) in [5, 5.41) is 3.64. The van der Waals surface area contributed by atoms with Crippen molar-refractivity contribution in [1.82, 2.24) is 24.4 Å². The number of sulfonamides is 1. The SMILES string of the molecule is CC(C)c1cc(F)cc2c1CC(=O)NS(=O)(=O)c1nn(cc1C(=O)N(C)C)C(C)(C)COc1cc-2ccn1. The first-order chi connectivity index (χ1) is 17.7. The highest BCUT2D eigenvalue weighted by Crippen LogP contribution is 2.34. The molecule has 1 aliphatic rings. The maximum atomic E-state index is 14.7. The molecule has 12 heteroatoms. The Morgan fingerprint density at radius 3 is 2.61 bits per heavy atom. The van der Waals surface area contributed by atoms with Crippen molar-refractivity contribution in [3.63, 3.8) is 0 Å². The van der Waals surface area contributed by atoms with Gasteiger partial charge in [0.05, 0.1) is 17.5 Å². The lowest BCUT2D eigenvalue weighted by molar-refractivity contribution is -0.118.